The highest BCUT2D eigenvalue weighted by Gasteiger charge is 2.47. The first kappa shape index (κ1) is 14.4. The second kappa shape index (κ2) is 5.78. The average Bonchev–Trinajstić information content (AvgIpc) is 2.98. The van der Waals surface area contributed by atoms with Crippen molar-refractivity contribution in [3.8, 4) is 0 Å². The number of piperidine rings is 1. The number of ether oxygens (including phenoxy) is 2. The molecular weight excluding hydrogens is 266 g/mol. The van der Waals surface area contributed by atoms with Gasteiger partial charge in [0.2, 0.25) is 0 Å². The molecule has 2 N–H and O–H groups in total. The minimum Gasteiger partial charge on any atom is -0.347 e. The number of nitrogens with zero attached hydrogens (tertiary/aromatic N) is 2. The molecule has 4 rings (SSSR count). The molecule has 3 saturated heterocycles. The first-order chi connectivity index (χ1) is 10.3. The van der Waals surface area contributed by atoms with Gasteiger partial charge in [-0.15, -0.1) is 0 Å². The third-order valence-electron chi connectivity index (χ3n) is 6.02. The number of hydrogen-bond acceptors (Lipinski definition) is 5. The van der Waals surface area contributed by atoms with Gasteiger partial charge in [-0.05, 0) is 25.8 Å². The first-order valence-corrected chi connectivity index (χ1v) is 8.77. The normalized spacial score (nSPS) is 41.3. The molecule has 0 amide bonds. The summed E-state index contributed by atoms with van der Waals surface area (Å²) in [6, 6.07) is 1.46. The van der Waals surface area contributed by atoms with Crippen LogP contribution in [0.15, 0.2) is 0 Å². The predicted molar refractivity (Wildman–Crippen MR) is 81.0 cm³/mol. The van der Waals surface area contributed by atoms with E-state index in [1.165, 1.54) is 38.9 Å². The maximum atomic E-state index is 6.46. The molecule has 5 nitrogen and oxygen atoms in total. The molecule has 3 heterocycles. The molecule has 3 aliphatic heterocycles. The lowest BCUT2D eigenvalue weighted by atomic mass is 9.84. The number of fused-ring (bicyclic) bond motifs is 1. The van der Waals surface area contributed by atoms with Gasteiger partial charge in [0.15, 0.2) is 5.79 Å². The Morgan fingerprint density at radius 2 is 1.76 bits per heavy atom. The van der Waals surface area contributed by atoms with Crippen LogP contribution in [-0.4, -0.2) is 73.1 Å². The van der Waals surface area contributed by atoms with E-state index in [0.29, 0.717) is 6.04 Å². The minimum absolute atomic E-state index is 0.276. The molecule has 0 aromatic heterocycles. The lowest BCUT2D eigenvalue weighted by Gasteiger charge is -2.50. The SMILES string of the molecule is NC1CCC2(CC1N1CCN3CCCCC3C1)OCCO2. The van der Waals surface area contributed by atoms with Crippen molar-refractivity contribution in [1.82, 2.24) is 9.80 Å². The van der Waals surface area contributed by atoms with Crippen LogP contribution < -0.4 is 5.73 Å². The Kier molecular flexibility index (Phi) is 3.96. The summed E-state index contributed by atoms with van der Waals surface area (Å²) in [4.78, 5) is 5.33. The van der Waals surface area contributed by atoms with Crippen molar-refractivity contribution in [1.29, 1.82) is 0 Å². The van der Waals surface area contributed by atoms with Gasteiger partial charge in [-0.2, -0.15) is 0 Å². The van der Waals surface area contributed by atoms with E-state index in [1.807, 2.05) is 0 Å². The zero-order valence-electron chi connectivity index (χ0n) is 13.0. The topological polar surface area (TPSA) is 51.0 Å². The maximum absolute atomic E-state index is 6.46. The molecule has 0 aromatic carbocycles. The van der Waals surface area contributed by atoms with E-state index in [0.717, 1.165) is 45.1 Å². The Labute approximate surface area is 127 Å². The zero-order valence-corrected chi connectivity index (χ0v) is 13.0. The Morgan fingerprint density at radius 3 is 2.62 bits per heavy atom. The highest BCUT2D eigenvalue weighted by atomic mass is 16.7. The van der Waals surface area contributed by atoms with E-state index < -0.39 is 0 Å². The highest BCUT2D eigenvalue weighted by molar-refractivity contribution is 4.98. The van der Waals surface area contributed by atoms with Crippen molar-refractivity contribution in [3.05, 3.63) is 0 Å². The molecular formula is C16H29N3O2. The molecule has 1 saturated carbocycles. The molecule has 3 atom stereocenters. The van der Waals surface area contributed by atoms with E-state index in [4.69, 9.17) is 15.2 Å². The molecule has 120 valence electrons. The summed E-state index contributed by atoms with van der Waals surface area (Å²) in [5.74, 6) is -0.315. The molecule has 5 heteroatoms. The maximum Gasteiger partial charge on any atom is 0.170 e. The van der Waals surface area contributed by atoms with Crippen LogP contribution >= 0.6 is 0 Å². The van der Waals surface area contributed by atoms with Crippen molar-refractivity contribution in [2.24, 2.45) is 5.73 Å². The zero-order chi connectivity index (χ0) is 14.3. The monoisotopic (exact) mass is 295 g/mol. The van der Waals surface area contributed by atoms with Crippen LogP contribution in [0.2, 0.25) is 0 Å². The van der Waals surface area contributed by atoms with Crippen LogP contribution in [0.25, 0.3) is 0 Å². The molecule has 4 fully saturated rings. The second-order valence-electron chi connectivity index (χ2n) is 7.26. The Morgan fingerprint density at radius 1 is 0.952 bits per heavy atom. The van der Waals surface area contributed by atoms with Crippen molar-refractivity contribution in [2.75, 3.05) is 39.4 Å². The molecule has 0 bridgehead atoms. The van der Waals surface area contributed by atoms with E-state index in [1.54, 1.807) is 0 Å². The van der Waals surface area contributed by atoms with Gasteiger partial charge >= 0.3 is 0 Å². The third kappa shape index (κ3) is 2.75. The molecule has 1 aliphatic carbocycles. The number of nitrogens with two attached hydrogens (primary N) is 1. The lowest BCUT2D eigenvalue weighted by Crippen LogP contribution is -2.63. The van der Waals surface area contributed by atoms with Crippen molar-refractivity contribution in [2.45, 2.75) is 62.4 Å². The summed E-state index contributed by atoms with van der Waals surface area (Å²) in [6.07, 6.45) is 7.08. The molecule has 3 unspecified atom stereocenters. The van der Waals surface area contributed by atoms with E-state index in [-0.39, 0.29) is 11.8 Å². The molecule has 4 aliphatic rings. The predicted octanol–water partition coefficient (Wildman–Crippen LogP) is 0.779. The first-order valence-electron chi connectivity index (χ1n) is 8.77. The molecule has 0 aromatic rings. The van der Waals surface area contributed by atoms with E-state index >= 15 is 0 Å². The van der Waals surface area contributed by atoms with Gasteiger partial charge in [0, 0.05) is 50.6 Å². The smallest absolute Gasteiger partial charge is 0.170 e. The lowest BCUT2D eigenvalue weighted by molar-refractivity contribution is -0.194. The Hall–Kier alpha value is -0.200. The van der Waals surface area contributed by atoms with Crippen molar-refractivity contribution in [3.63, 3.8) is 0 Å². The third-order valence-corrected chi connectivity index (χ3v) is 6.02. The summed E-state index contributed by atoms with van der Waals surface area (Å²) in [6.45, 7) is 6.35. The summed E-state index contributed by atoms with van der Waals surface area (Å²) in [7, 11) is 0. The number of hydrogen-bond donors (Lipinski definition) is 1. The highest BCUT2D eigenvalue weighted by Crippen LogP contribution is 2.38. The fourth-order valence-electron chi connectivity index (χ4n) is 4.79. The molecule has 21 heavy (non-hydrogen) atoms. The Balaban J connectivity index is 1.44. The van der Waals surface area contributed by atoms with Crippen LogP contribution in [0.1, 0.15) is 38.5 Å². The van der Waals surface area contributed by atoms with Gasteiger partial charge in [-0.25, -0.2) is 0 Å². The molecule has 1 spiro atoms. The summed E-state index contributed by atoms with van der Waals surface area (Å²) in [5.41, 5.74) is 6.46. The number of rotatable bonds is 1. The fraction of sp³-hybridized carbons (Fsp3) is 1.00. The van der Waals surface area contributed by atoms with E-state index in [2.05, 4.69) is 9.80 Å². The van der Waals surface area contributed by atoms with Gasteiger partial charge in [-0.1, -0.05) is 6.42 Å². The van der Waals surface area contributed by atoms with Crippen LogP contribution in [-0.2, 0) is 9.47 Å². The summed E-state index contributed by atoms with van der Waals surface area (Å²) < 4.78 is 11.9. The van der Waals surface area contributed by atoms with Gasteiger partial charge in [0.25, 0.3) is 0 Å². The Bertz CT molecular complexity index is 373. The largest absolute Gasteiger partial charge is 0.347 e. The molecule has 0 radical (unpaired) electrons. The van der Waals surface area contributed by atoms with Crippen molar-refractivity contribution >= 4 is 0 Å². The standard InChI is InChI=1S/C16H29N3O2/c17-14-4-5-16(20-9-10-21-16)11-15(14)19-8-7-18-6-2-1-3-13(18)12-19/h13-15H,1-12,17H2. The van der Waals surface area contributed by atoms with Crippen LogP contribution in [0, 0.1) is 0 Å². The van der Waals surface area contributed by atoms with Gasteiger partial charge in [0.05, 0.1) is 13.2 Å². The summed E-state index contributed by atoms with van der Waals surface area (Å²) in [5, 5.41) is 0. The minimum atomic E-state index is -0.315. The quantitative estimate of drug-likeness (QED) is 0.775. The van der Waals surface area contributed by atoms with Gasteiger partial charge in [-0.3, -0.25) is 9.80 Å². The van der Waals surface area contributed by atoms with Crippen LogP contribution in [0.5, 0.6) is 0 Å². The summed E-state index contributed by atoms with van der Waals surface area (Å²) >= 11 is 0. The average molecular weight is 295 g/mol. The van der Waals surface area contributed by atoms with Crippen LogP contribution in [0.3, 0.4) is 0 Å². The van der Waals surface area contributed by atoms with Gasteiger partial charge in [0.1, 0.15) is 0 Å². The fourth-order valence-corrected chi connectivity index (χ4v) is 4.79. The number of piperazine rings is 1. The van der Waals surface area contributed by atoms with Crippen LogP contribution in [0.4, 0.5) is 0 Å². The second-order valence-corrected chi connectivity index (χ2v) is 7.26. The van der Waals surface area contributed by atoms with Crippen molar-refractivity contribution < 1.29 is 9.47 Å². The van der Waals surface area contributed by atoms with Gasteiger partial charge < -0.3 is 15.2 Å². The van der Waals surface area contributed by atoms with E-state index in [9.17, 15) is 0 Å².